The average Bonchev–Trinajstić information content (AvgIpc) is 2.80. The van der Waals surface area contributed by atoms with Crippen molar-refractivity contribution in [2.45, 2.75) is 51.2 Å². The number of likely N-dealkylation sites (tertiary alicyclic amines) is 1. The highest BCUT2D eigenvalue weighted by atomic mass is 19.1. The first-order chi connectivity index (χ1) is 11.3. The zero-order valence-corrected chi connectivity index (χ0v) is 14.3. The Morgan fingerprint density at radius 3 is 2.50 bits per heavy atom. The minimum Gasteiger partial charge on any atom is -0.383 e. The van der Waals surface area contributed by atoms with E-state index in [4.69, 9.17) is 0 Å². The normalized spacial score (nSPS) is 20.0. The molecule has 1 aliphatic rings. The van der Waals surface area contributed by atoms with Crippen molar-refractivity contribution in [2.24, 2.45) is 0 Å². The molecular formula is C18H26F2N2O2. The van der Waals surface area contributed by atoms with E-state index in [0.717, 1.165) is 38.1 Å². The summed E-state index contributed by atoms with van der Waals surface area (Å²) in [5.74, 6) is -1.72. The van der Waals surface area contributed by atoms with Crippen LogP contribution in [0.25, 0.3) is 0 Å². The second-order valence-electron chi connectivity index (χ2n) is 6.74. The fraction of sp³-hybridized carbons (Fsp3) is 0.611. The fourth-order valence-corrected chi connectivity index (χ4v) is 3.08. The molecule has 1 saturated heterocycles. The molecule has 0 aromatic heterocycles. The van der Waals surface area contributed by atoms with Crippen LogP contribution < -0.4 is 5.32 Å². The highest BCUT2D eigenvalue weighted by Gasteiger charge is 2.29. The minimum absolute atomic E-state index is 0.0355. The van der Waals surface area contributed by atoms with E-state index in [2.05, 4.69) is 10.2 Å². The monoisotopic (exact) mass is 340 g/mol. The molecule has 0 spiro atoms. The highest BCUT2D eigenvalue weighted by molar-refractivity contribution is 5.81. The van der Waals surface area contributed by atoms with Gasteiger partial charge in [-0.25, -0.2) is 8.78 Å². The van der Waals surface area contributed by atoms with Crippen LogP contribution in [0, 0.1) is 11.6 Å². The van der Waals surface area contributed by atoms with Crippen molar-refractivity contribution in [1.29, 1.82) is 0 Å². The first kappa shape index (κ1) is 18.8. The standard InChI is InChI=1S/C18H26F2N2O2/c1-13(22-9-5-3-4-6-10-22)17(23)21-12-18(2,24)15-8-7-14(19)11-16(15)20/h7-8,11,13,24H,3-6,9-10,12H2,1-2H3,(H,21,23). The summed E-state index contributed by atoms with van der Waals surface area (Å²) in [5, 5.41) is 13.1. The lowest BCUT2D eigenvalue weighted by Gasteiger charge is -2.29. The second kappa shape index (κ2) is 8.03. The van der Waals surface area contributed by atoms with E-state index in [9.17, 15) is 18.7 Å². The molecule has 1 amide bonds. The number of hydrogen-bond acceptors (Lipinski definition) is 3. The van der Waals surface area contributed by atoms with Crippen LogP contribution in [-0.4, -0.2) is 41.6 Å². The van der Waals surface area contributed by atoms with Gasteiger partial charge < -0.3 is 10.4 Å². The van der Waals surface area contributed by atoms with E-state index in [1.807, 2.05) is 6.92 Å². The molecule has 1 aromatic rings. The van der Waals surface area contributed by atoms with Crippen LogP contribution in [0.15, 0.2) is 18.2 Å². The van der Waals surface area contributed by atoms with Crippen molar-refractivity contribution in [1.82, 2.24) is 10.2 Å². The van der Waals surface area contributed by atoms with Gasteiger partial charge in [0, 0.05) is 11.6 Å². The lowest BCUT2D eigenvalue weighted by molar-refractivity contribution is -0.127. The van der Waals surface area contributed by atoms with Crippen LogP contribution in [0.1, 0.15) is 45.1 Å². The molecule has 0 radical (unpaired) electrons. The lowest BCUT2D eigenvalue weighted by Crippen LogP contribution is -2.48. The molecule has 2 atom stereocenters. The number of aliphatic hydroxyl groups is 1. The number of halogens is 2. The fourth-order valence-electron chi connectivity index (χ4n) is 3.08. The van der Waals surface area contributed by atoms with Crippen LogP contribution in [-0.2, 0) is 10.4 Å². The molecule has 2 unspecified atom stereocenters. The molecule has 2 rings (SSSR count). The van der Waals surface area contributed by atoms with Gasteiger partial charge in [-0.15, -0.1) is 0 Å². The van der Waals surface area contributed by atoms with Crippen LogP contribution in [0.3, 0.4) is 0 Å². The smallest absolute Gasteiger partial charge is 0.237 e. The Morgan fingerprint density at radius 2 is 1.92 bits per heavy atom. The molecule has 0 bridgehead atoms. The summed E-state index contributed by atoms with van der Waals surface area (Å²) in [6.07, 6.45) is 4.53. The highest BCUT2D eigenvalue weighted by Crippen LogP contribution is 2.23. The van der Waals surface area contributed by atoms with Crippen LogP contribution >= 0.6 is 0 Å². The Morgan fingerprint density at radius 1 is 1.29 bits per heavy atom. The molecule has 0 aliphatic carbocycles. The summed E-state index contributed by atoms with van der Waals surface area (Å²) in [4.78, 5) is 14.5. The first-order valence-corrected chi connectivity index (χ1v) is 8.51. The van der Waals surface area contributed by atoms with Gasteiger partial charge in [0.1, 0.15) is 17.2 Å². The van der Waals surface area contributed by atoms with Crippen molar-refractivity contribution in [3.8, 4) is 0 Å². The van der Waals surface area contributed by atoms with Crippen molar-refractivity contribution in [3.05, 3.63) is 35.4 Å². The van der Waals surface area contributed by atoms with Gasteiger partial charge in [-0.1, -0.05) is 18.9 Å². The molecule has 1 heterocycles. The number of nitrogens with zero attached hydrogens (tertiary/aromatic N) is 1. The second-order valence-corrected chi connectivity index (χ2v) is 6.74. The van der Waals surface area contributed by atoms with Gasteiger partial charge in [0.2, 0.25) is 5.91 Å². The van der Waals surface area contributed by atoms with Crippen LogP contribution in [0.2, 0.25) is 0 Å². The summed E-state index contributed by atoms with van der Waals surface area (Å²) in [6.45, 7) is 4.88. The van der Waals surface area contributed by atoms with E-state index in [1.54, 1.807) is 0 Å². The third-order valence-electron chi connectivity index (χ3n) is 4.69. The molecule has 1 fully saturated rings. The van der Waals surface area contributed by atoms with Gasteiger partial charge in [-0.05, 0) is 45.8 Å². The third kappa shape index (κ3) is 4.74. The number of amides is 1. The van der Waals surface area contributed by atoms with Gasteiger partial charge in [0.25, 0.3) is 0 Å². The summed E-state index contributed by atoms with van der Waals surface area (Å²) >= 11 is 0. The van der Waals surface area contributed by atoms with Crippen molar-refractivity contribution < 1.29 is 18.7 Å². The SMILES string of the molecule is CC(C(=O)NCC(C)(O)c1ccc(F)cc1F)N1CCCCCC1. The van der Waals surface area contributed by atoms with Gasteiger partial charge in [0.05, 0.1) is 12.6 Å². The van der Waals surface area contributed by atoms with Gasteiger partial charge in [0.15, 0.2) is 0 Å². The zero-order valence-electron chi connectivity index (χ0n) is 14.3. The summed E-state index contributed by atoms with van der Waals surface area (Å²) in [6, 6.07) is 2.73. The van der Waals surface area contributed by atoms with E-state index >= 15 is 0 Å². The molecule has 4 nitrogen and oxygen atoms in total. The maximum Gasteiger partial charge on any atom is 0.237 e. The van der Waals surface area contributed by atoms with E-state index in [0.29, 0.717) is 0 Å². The topological polar surface area (TPSA) is 52.6 Å². The van der Waals surface area contributed by atoms with E-state index in [-0.39, 0.29) is 24.1 Å². The maximum atomic E-state index is 13.8. The lowest BCUT2D eigenvalue weighted by atomic mass is 9.95. The molecular weight excluding hydrogens is 314 g/mol. The molecule has 1 aromatic carbocycles. The van der Waals surface area contributed by atoms with Gasteiger partial charge in [-0.2, -0.15) is 0 Å². The molecule has 1 aliphatic heterocycles. The van der Waals surface area contributed by atoms with Crippen molar-refractivity contribution in [3.63, 3.8) is 0 Å². The first-order valence-electron chi connectivity index (χ1n) is 8.51. The summed E-state index contributed by atoms with van der Waals surface area (Å²) < 4.78 is 26.8. The summed E-state index contributed by atoms with van der Waals surface area (Å²) in [5.41, 5.74) is -1.64. The Hall–Kier alpha value is -1.53. The van der Waals surface area contributed by atoms with Crippen LogP contribution in [0.4, 0.5) is 8.78 Å². The van der Waals surface area contributed by atoms with E-state index < -0.39 is 17.2 Å². The molecule has 0 saturated carbocycles. The number of carbonyl (C=O) groups excluding carboxylic acids is 1. The van der Waals surface area contributed by atoms with Gasteiger partial charge in [-0.3, -0.25) is 9.69 Å². The Bertz CT molecular complexity index is 570. The predicted molar refractivity (Wildman–Crippen MR) is 88.4 cm³/mol. The third-order valence-corrected chi connectivity index (χ3v) is 4.69. The van der Waals surface area contributed by atoms with Crippen molar-refractivity contribution in [2.75, 3.05) is 19.6 Å². The number of carbonyl (C=O) groups is 1. The Labute approximate surface area is 141 Å². The minimum atomic E-state index is -1.61. The van der Waals surface area contributed by atoms with E-state index in [1.165, 1.54) is 25.8 Å². The molecule has 134 valence electrons. The molecule has 6 heteroatoms. The quantitative estimate of drug-likeness (QED) is 0.866. The number of rotatable bonds is 5. The Balaban J connectivity index is 1.96. The maximum absolute atomic E-state index is 13.8. The van der Waals surface area contributed by atoms with Crippen molar-refractivity contribution >= 4 is 5.91 Å². The zero-order chi connectivity index (χ0) is 17.7. The molecule has 2 N–H and O–H groups in total. The van der Waals surface area contributed by atoms with Crippen LogP contribution in [0.5, 0.6) is 0 Å². The molecule has 24 heavy (non-hydrogen) atoms. The van der Waals surface area contributed by atoms with Gasteiger partial charge >= 0.3 is 0 Å². The average molecular weight is 340 g/mol. The number of hydrogen-bond donors (Lipinski definition) is 2. The predicted octanol–water partition coefficient (Wildman–Crippen LogP) is 2.55. The summed E-state index contributed by atoms with van der Waals surface area (Å²) in [7, 11) is 0. The number of nitrogens with one attached hydrogen (secondary N) is 1. The Kier molecular flexibility index (Phi) is 6.29. The largest absolute Gasteiger partial charge is 0.383 e. The number of benzene rings is 1.